The molecule has 3 aromatic rings. The molecule has 1 aromatic carbocycles. The van der Waals surface area contributed by atoms with Crippen LogP contribution >= 0.6 is 23.2 Å². The fraction of sp³-hybridized carbons (Fsp3) is 0. The van der Waals surface area contributed by atoms with E-state index in [0.29, 0.717) is 16.7 Å². The van der Waals surface area contributed by atoms with Crippen molar-refractivity contribution in [1.82, 2.24) is 24.5 Å². The van der Waals surface area contributed by atoms with Crippen molar-refractivity contribution in [3.63, 3.8) is 0 Å². The van der Waals surface area contributed by atoms with E-state index in [1.54, 1.807) is 47.6 Å². The van der Waals surface area contributed by atoms with Gasteiger partial charge >= 0.3 is 6.01 Å². The van der Waals surface area contributed by atoms with Gasteiger partial charge in [-0.05, 0) is 35.9 Å². The zero-order chi connectivity index (χ0) is 13.9. The fourth-order valence-corrected chi connectivity index (χ4v) is 1.74. The van der Waals surface area contributed by atoms with E-state index in [1.165, 1.54) is 0 Å². The van der Waals surface area contributed by atoms with Crippen LogP contribution in [0, 0.1) is 0 Å². The highest BCUT2D eigenvalue weighted by molar-refractivity contribution is 6.30. The second-order valence-electron chi connectivity index (χ2n) is 3.71. The first kappa shape index (κ1) is 12.8. The van der Waals surface area contributed by atoms with Gasteiger partial charge in [0.05, 0.1) is 0 Å². The van der Waals surface area contributed by atoms with Crippen molar-refractivity contribution in [2.75, 3.05) is 0 Å². The average Bonchev–Trinajstić information content (AvgIpc) is 2.95. The van der Waals surface area contributed by atoms with Crippen molar-refractivity contribution in [2.45, 2.75) is 0 Å². The lowest BCUT2D eigenvalue weighted by molar-refractivity contribution is 0.438. The second kappa shape index (κ2) is 5.44. The molecule has 0 saturated heterocycles. The molecule has 0 bridgehead atoms. The van der Waals surface area contributed by atoms with E-state index in [1.807, 2.05) is 0 Å². The van der Waals surface area contributed by atoms with Crippen molar-refractivity contribution in [1.29, 1.82) is 0 Å². The summed E-state index contributed by atoms with van der Waals surface area (Å²) < 4.78 is 7.11. The van der Waals surface area contributed by atoms with Crippen LogP contribution in [0.4, 0.5) is 0 Å². The van der Waals surface area contributed by atoms with E-state index in [0.717, 1.165) is 0 Å². The molecule has 0 radical (unpaired) electrons. The molecule has 0 unspecified atom stereocenters. The molecule has 0 aliphatic heterocycles. The van der Waals surface area contributed by atoms with Gasteiger partial charge in [-0.1, -0.05) is 11.6 Å². The number of ether oxygens (including phenoxy) is 1. The van der Waals surface area contributed by atoms with Crippen LogP contribution in [0.15, 0.2) is 43.0 Å². The molecule has 100 valence electrons. The molecule has 0 atom stereocenters. The molecule has 0 fully saturated rings. The highest BCUT2D eigenvalue weighted by Gasteiger charge is 2.08. The van der Waals surface area contributed by atoms with Crippen LogP contribution in [0.1, 0.15) is 0 Å². The Bertz CT molecular complexity index is 715. The van der Waals surface area contributed by atoms with Gasteiger partial charge in [0.25, 0.3) is 0 Å². The maximum Gasteiger partial charge on any atom is 0.328 e. The van der Waals surface area contributed by atoms with Gasteiger partial charge in [0, 0.05) is 17.4 Å². The minimum absolute atomic E-state index is 0.0349. The van der Waals surface area contributed by atoms with Crippen LogP contribution in [0.5, 0.6) is 11.8 Å². The third-order valence-corrected chi connectivity index (χ3v) is 2.75. The largest absolute Gasteiger partial charge is 0.424 e. The molecule has 0 aliphatic rings. The number of halogens is 2. The van der Waals surface area contributed by atoms with Gasteiger partial charge in [0.15, 0.2) is 0 Å². The summed E-state index contributed by atoms with van der Waals surface area (Å²) in [5.41, 5.74) is 0. The number of benzene rings is 1. The highest BCUT2D eigenvalue weighted by Crippen LogP contribution is 2.21. The Hall–Kier alpha value is -2.18. The maximum absolute atomic E-state index is 5.86. The molecule has 3 rings (SSSR count). The number of nitrogens with zero attached hydrogens (tertiary/aromatic N) is 5. The average molecular weight is 308 g/mol. The highest BCUT2D eigenvalue weighted by atomic mass is 35.5. The predicted molar refractivity (Wildman–Crippen MR) is 73.5 cm³/mol. The minimum atomic E-state index is 0.0349. The molecule has 0 aliphatic carbocycles. The van der Waals surface area contributed by atoms with Gasteiger partial charge in [-0.3, -0.25) is 4.57 Å². The number of hydrogen-bond donors (Lipinski definition) is 0. The van der Waals surface area contributed by atoms with Gasteiger partial charge in [-0.25, -0.2) is 4.98 Å². The van der Waals surface area contributed by atoms with Crippen molar-refractivity contribution in [2.24, 2.45) is 0 Å². The smallest absolute Gasteiger partial charge is 0.328 e. The molecule has 2 heterocycles. The lowest BCUT2D eigenvalue weighted by Crippen LogP contribution is -2.03. The van der Waals surface area contributed by atoms with Crippen molar-refractivity contribution in [3.8, 4) is 17.7 Å². The summed E-state index contributed by atoms with van der Waals surface area (Å²) in [4.78, 5) is 16.0. The Labute approximate surface area is 124 Å². The topological polar surface area (TPSA) is 65.7 Å². The first-order valence-corrected chi connectivity index (χ1v) is 6.29. The van der Waals surface area contributed by atoms with Gasteiger partial charge in [-0.15, -0.1) is 0 Å². The van der Waals surface area contributed by atoms with Gasteiger partial charge < -0.3 is 4.74 Å². The summed E-state index contributed by atoms with van der Waals surface area (Å²) in [7, 11) is 0. The molecule has 6 nitrogen and oxygen atoms in total. The number of rotatable bonds is 3. The maximum atomic E-state index is 5.86. The van der Waals surface area contributed by atoms with Crippen LogP contribution in [-0.4, -0.2) is 24.5 Å². The molecule has 0 saturated carbocycles. The van der Waals surface area contributed by atoms with Crippen LogP contribution in [-0.2, 0) is 0 Å². The minimum Gasteiger partial charge on any atom is -0.424 e. The molecule has 8 heteroatoms. The van der Waals surface area contributed by atoms with Crippen molar-refractivity contribution in [3.05, 3.63) is 53.3 Å². The fourth-order valence-electron chi connectivity index (χ4n) is 1.47. The van der Waals surface area contributed by atoms with E-state index >= 15 is 0 Å². The summed E-state index contributed by atoms with van der Waals surface area (Å²) in [6.07, 6.45) is 4.85. The third kappa shape index (κ3) is 2.87. The van der Waals surface area contributed by atoms with Crippen LogP contribution in [0.3, 0.4) is 0 Å². The summed E-state index contributed by atoms with van der Waals surface area (Å²) >= 11 is 11.7. The molecule has 2 aromatic heterocycles. The SMILES string of the molecule is Clc1ccc(Oc2nc(Cl)nc(-n3ccnc3)n2)cc1. The molecule has 0 N–H and O–H groups in total. The quantitative estimate of drug-likeness (QED) is 0.743. The Morgan fingerprint density at radius 3 is 2.50 bits per heavy atom. The molecule has 0 amide bonds. The lowest BCUT2D eigenvalue weighted by Gasteiger charge is -2.06. The monoisotopic (exact) mass is 307 g/mol. The van der Waals surface area contributed by atoms with Gasteiger partial charge in [0.2, 0.25) is 11.2 Å². The van der Waals surface area contributed by atoms with Crippen molar-refractivity contribution < 1.29 is 4.74 Å². The lowest BCUT2D eigenvalue weighted by atomic mass is 10.3. The Morgan fingerprint density at radius 1 is 1.00 bits per heavy atom. The number of hydrogen-bond acceptors (Lipinski definition) is 5. The molecule has 0 spiro atoms. The van der Waals surface area contributed by atoms with E-state index in [2.05, 4.69) is 19.9 Å². The Kier molecular flexibility index (Phi) is 3.49. The van der Waals surface area contributed by atoms with Crippen molar-refractivity contribution >= 4 is 23.2 Å². The van der Waals surface area contributed by atoms with E-state index in [9.17, 15) is 0 Å². The van der Waals surface area contributed by atoms with E-state index in [4.69, 9.17) is 27.9 Å². The molecule has 20 heavy (non-hydrogen) atoms. The molecular weight excluding hydrogens is 301 g/mol. The summed E-state index contributed by atoms with van der Waals surface area (Å²) in [6.45, 7) is 0. The van der Waals surface area contributed by atoms with Crippen LogP contribution in [0.2, 0.25) is 10.3 Å². The van der Waals surface area contributed by atoms with E-state index < -0.39 is 0 Å². The van der Waals surface area contributed by atoms with Gasteiger partial charge in [0.1, 0.15) is 12.1 Å². The Balaban J connectivity index is 1.92. The Morgan fingerprint density at radius 2 is 1.80 bits per heavy atom. The summed E-state index contributed by atoms with van der Waals surface area (Å²) in [5, 5.41) is 0.651. The molecular formula is C12H7Cl2N5O. The van der Waals surface area contributed by atoms with Crippen LogP contribution in [0.25, 0.3) is 5.95 Å². The zero-order valence-corrected chi connectivity index (χ0v) is 11.5. The predicted octanol–water partition coefficient (Wildman–Crippen LogP) is 3.16. The normalized spacial score (nSPS) is 10.5. The number of imidazole rings is 1. The first-order valence-electron chi connectivity index (χ1n) is 5.54. The third-order valence-electron chi connectivity index (χ3n) is 2.33. The zero-order valence-electron chi connectivity index (χ0n) is 9.94. The summed E-state index contributed by atoms with van der Waals surface area (Å²) in [5.74, 6) is 0.875. The van der Waals surface area contributed by atoms with E-state index in [-0.39, 0.29) is 11.3 Å². The standard InChI is InChI=1S/C12H7Cl2N5O/c13-8-1-3-9(4-2-8)20-12-17-10(14)16-11(18-12)19-6-5-15-7-19/h1-7H. The first-order chi connectivity index (χ1) is 9.70. The van der Waals surface area contributed by atoms with Crippen LogP contribution < -0.4 is 4.74 Å². The number of aromatic nitrogens is 5. The van der Waals surface area contributed by atoms with Gasteiger partial charge in [-0.2, -0.15) is 15.0 Å². The second-order valence-corrected chi connectivity index (χ2v) is 4.49. The summed E-state index contributed by atoms with van der Waals surface area (Å²) in [6, 6.07) is 6.91.